The second kappa shape index (κ2) is 7.09. The molecule has 1 aromatic rings. The summed E-state index contributed by atoms with van der Waals surface area (Å²) in [6, 6.07) is 10.9. The fraction of sp³-hybridized carbons (Fsp3) is 0.533. The van der Waals surface area contributed by atoms with Gasteiger partial charge in [0.2, 0.25) is 0 Å². The van der Waals surface area contributed by atoms with E-state index in [-0.39, 0.29) is 5.92 Å². The zero-order valence-corrected chi connectivity index (χ0v) is 11.0. The van der Waals surface area contributed by atoms with Gasteiger partial charge in [0, 0.05) is 6.54 Å². The van der Waals surface area contributed by atoms with Gasteiger partial charge in [0.15, 0.2) is 0 Å². The van der Waals surface area contributed by atoms with E-state index in [4.69, 9.17) is 5.26 Å². The molecule has 0 aromatic heterocycles. The normalized spacial score (nSPS) is 12.4. The summed E-state index contributed by atoms with van der Waals surface area (Å²) in [5.74, 6) is 0.541. The maximum atomic E-state index is 8.96. The number of nitriles is 1. The highest BCUT2D eigenvalue weighted by Crippen LogP contribution is 2.08. The minimum absolute atomic E-state index is 0.118. The largest absolute Gasteiger partial charge is 0.315 e. The van der Waals surface area contributed by atoms with Crippen molar-refractivity contribution >= 4 is 0 Å². The Morgan fingerprint density at radius 2 is 2.12 bits per heavy atom. The van der Waals surface area contributed by atoms with E-state index < -0.39 is 0 Å². The molecule has 2 nitrogen and oxygen atoms in total. The molecule has 0 bridgehead atoms. The first kappa shape index (κ1) is 13.7. The van der Waals surface area contributed by atoms with Gasteiger partial charge in [-0.15, -0.1) is 0 Å². The summed E-state index contributed by atoms with van der Waals surface area (Å²) in [7, 11) is 0. The molecule has 1 rings (SSSR count). The van der Waals surface area contributed by atoms with Crippen molar-refractivity contribution in [2.75, 3.05) is 13.1 Å². The third kappa shape index (κ3) is 5.01. The van der Waals surface area contributed by atoms with Crippen LogP contribution < -0.4 is 5.32 Å². The van der Waals surface area contributed by atoms with Gasteiger partial charge < -0.3 is 5.32 Å². The van der Waals surface area contributed by atoms with Gasteiger partial charge in [0.05, 0.1) is 12.0 Å². The van der Waals surface area contributed by atoms with E-state index in [0.717, 1.165) is 19.5 Å². The molecule has 1 atom stereocenters. The first-order valence-electron chi connectivity index (χ1n) is 6.29. The number of nitrogens with one attached hydrogen (secondary N) is 1. The fourth-order valence-electron chi connectivity index (χ4n) is 1.79. The zero-order chi connectivity index (χ0) is 12.7. The van der Waals surface area contributed by atoms with E-state index in [1.54, 1.807) is 0 Å². The summed E-state index contributed by atoms with van der Waals surface area (Å²) in [5.41, 5.74) is 2.66. The quantitative estimate of drug-likeness (QED) is 0.763. The lowest BCUT2D eigenvalue weighted by molar-refractivity contribution is 0.444. The van der Waals surface area contributed by atoms with Crippen LogP contribution in [-0.2, 0) is 6.42 Å². The number of nitrogens with zero attached hydrogens (tertiary/aromatic N) is 1. The van der Waals surface area contributed by atoms with Gasteiger partial charge in [-0.1, -0.05) is 43.7 Å². The average Bonchev–Trinajstić information content (AvgIpc) is 2.28. The summed E-state index contributed by atoms with van der Waals surface area (Å²) in [6.07, 6.45) is 1.03. The minimum Gasteiger partial charge on any atom is -0.315 e. The van der Waals surface area contributed by atoms with Crippen LogP contribution in [0.4, 0.5) is 0 Å². The molecule has 0 saturated heterocycles. The molecule has 1 unspecified atom stereocenters. The molecule has 0 fully saturated rings. The average molecular weight is 230 g/mol. The van der Waals surface area contributed by atoms with Gasteiger partial charge in [-0.05, 0) is 31.4 Å². The van der Waals surface area contributed by atoms with E-state index in [0.29, 0.717) is 5.92 Å². The van der Waals surface area contributed by atoms with E-state index in [2.05, 4.69) is 56.4 Å². The van der Waals surface area contributed by atoms with Gasteiger partial charge in [-0.3, -0.25) is 0 Å². The number of hydrogen-bond donors (Lipinski definition) is 1. The monoisotopic (exact) mass is 230 g/mol. The third-order valence-electron chi connectivity index (χ3n) is 3.01. The van der Waals surface area contributed by atoms with Crippen LogP contribution in [0.5, 0.6) is 0 Å². The molecule has 1 aromatic carbocycles. The smallest absolute Gasteiger partial charge is 0.0671 e. The fourth-order valence-corrected chi connectivity index (χ4v) is 1.79. The molecule has 92 valence electrons. The Morgan fingerprint density at radius 3 is 2.71 bits per heavy atom. The van der Waals surface area contributed by atoms with Crippen LogP contribution in [0.1, 0.15) is 25.0 Å². The summed E-state index contributed by atoms with van der Waals surface area (Å²) in [5, 5.41) is 12.3. The van der Waals surface area contributed by atoms with Gasteiger partial charge in [-0.25, -0.2) is 0 Å². The zero-order valence-electron chi connectivity index (χ0n) is 11.0. The second-order valence-electron chi connectivity index (χ2n) is 4.92. The molecule has 1 N–H and O–H groups in total. The third-order valence-corrected chi connectivity index (χ3v) is 3.01. The SMILES string of the molecule is Cc1cccc(CCNCC(C#N)C(C)C)c1. The molecule has 2 heteroatoms. The summed E-state index contributed by atoms with van der Waals surface area (Å²) >= 11 is 0. The summed E-state index contributed by atoms with van der Waals surface area (Å²) in [6.45, 7) is 8.03. The number of benzene rings is 1. The highest BCUT2D eigenvalue weighted by atomic mass is 14.9. The van der Waals surface area contributed by atoms with Gasteiger partial charge in [0.25, 0.3) is 0 Å². The van der Waals surface area contributed by atoms with Gasteiger partial charge in [-0.2, -0.15) is 5.26 Å². The van der Waals surface area contributed by atoms with Crippen molar-refractivity contribution in [1.82, 2.24) is 5.32 Å². The molecule has 0 heterocycles. The predicted octanol–water partition coefficient (Wildman–Crippen LogP) is 2.92. The Hall–Kier alpha value is -1.33. The van der Waals surface area contributed by atoms with Gasteiger partial charge >= 0.3 is 0 Å². The Labute approximate surface area is 105 Å². The Balaban J connectivity index is 2.27. The lowest BCUT2D eigenvalue weighted by Crippen LogP contribution is -2.26. The van der Waals surface area contributed by atoms with Crippen molar-refractivity contribution in [3.05, 3.63) is 35.4 Å². The molecule has 0 aliphatic heterocycles. The highest BCUT2D eigenvalue weighted by Gasteiger charge is 2.10. The van der Waals surface area contributed by atoms with Crippen LogP contribution in [0.2, 0.25) is 0 Å². The van der Waals surface area contributed by atoms with Crippen LogP contribution >= 0.6 is 0 Å². The Morgan fingerprint density at radius 1 is 1.35 bits per heavy atom. The topological polar surface area (TPSA) is 35.8 Å². The standard InChI is InChI=1S/C15H22N2/c1-12(2)15(10-16)11-17-8-7-14-6-4-5-13(3)9-14/h4-6,9,12,15,17H,7-8,11H2,1-3H3. The van der Waals surface area contributed by atoms with E-state index in [1.807, 2.05) is 0 Å². The van der Waals surface area contributed by atoms with Crippen molar-refractivity contribution < 1.29 is 0 Å². The Bertz CT molecular complexity index is 377. The van der Waals surface area contributed by atoms with Crippen LogP contribution in [0.15, 0.2) is 24.3 Å². The number of rotatable bonds is 6. The lowest BCUT2D eigenvalue weighted by atomic mass is 9.97. The molecule has 0 aliphatic rings. The summed E-state index contributed by atoms with van der Waals surface area (Å²) < 4.78 is 0. The van der Waals surface area contributed by atoms with Crippen molar-refractivity contribution in [1.29, 1.82) is 5.26 Å². The number of aryl methyl sites for hydroxylation is 1. The van der Waals surface area contributed by atoms with Crippen LogP contribution in [0, 0.1) is 30.1 Å². The lowest BCUT2D eigenvalue weighted by Gasteiger charge is -2.13. The Kier molecular flexibility index (Phi) is 5.72. The van der Waals surface area contributed by atoms with Crippen molar-refractivity contribution in [2.45, 2.75) is 27.2 Å². The van der Waals surface area contributed by atoms with Crippen molar-refractivity contribution in [2.24, 2.45) is 11.8 Å². The molecular weight excluding hydrogens is 208 g/mol. The van der Waals surface area contributed by atoms with E-state index in [1.165, 1.54) is 11.1 Å². The maximum absolute atomic E-state index is 8.96. The predicted molar refractivity (Wildman–Crippen MR) is 71.7 cm³/mol. The molecule has 0 saturated carbocycles. The first-order valence-corrected chi connectivity index (χ1v) is 6.29. The van der Waals surface area contributed by atoms with Crippen LogP contribution in [0.3, 0.4) is 0 Å². The van der Waals surface area contributed by atoms with E-state index >= 15 is 0 Å². The molecular formula is C15H22N2. The molecule has 0 spiro atoms. The molecule has 0 amide bonds. The van der Waals surface area contributed by atoms with Crippen LogP contribution in [0.25, 0.3) is 0 Å². The molecule has 17 heavy (non-hydrogen) atoms. The van der Waals surface area contributed by atoms with Crippen molar-refractivity contribution in [3.8, 4) is 6.07 Å². The number of hydrogen-bond acceptors (Lipinski definition) is 2. The van der Waals surface area contributed by atoms with Gasteiger partial charge in [0.1, 0.15) is 0 Å². The molecule has 0 radical (unpaired) electrons. The van der Waals surface area contributed by atoms with Crippen LogP contribution in [-0.4, -0.2) is 13.1 Å². The molecule has 0 aliphatic carbocycles. The van der Waals surface area contributed by atoms with E-state index in [9.17, 15) is 0 Å². The summed E-state index contributed by atoms with van der Waals surface area (Å²) in [4.78, 5) is 0. The van der Waals surface area contributed by atoms with Crippen molar-refractivity contribution in [3.63, 3.8) is 0 Å². The first-order chi connectivity index (χ1) is 8.13. The second-order valence-corrected chi connectivity index (χ2v) is 4.92. The maximum Gasteiger partial charge on any atom is 0.0671 e. The minimum atomic E-state index is 0.118. The highest BCUT2D eigenvalue weighted by molar-refractivity contribution is 5.22.